The molecule has 0 saturated carbocycles. The van der Waals surface area contributed by atoms with E-state index in [1.165, 1.54) is 180 Å². The first-order valence-electron chi connectivity index (χ1n) is 46.5. The minimum atomic E-state index is -0.425. The van der Waals surface area contributed by atoms with E-state index >= 15 is 0 Å². The van der Waals surface area contributed by atoms with E-state index in [1.807, 2.05) is 48.5 Å². The molecule has 0 atom stereocenters. The van der Waals surface area contributed by atoms with Gasteiger partial charge < -0.3 is 19.5 Å². The number of nitrogens with one attached hydrogen (secondary N) is 1. The number of benzene rings is 24. The molecule has 0 radical (unpaired) electrons. The maximum atomic E-state index is 14.1. The van der Waals surface area contributed by atoms with E-state index in [0.29, 0.717) is 0 Å². The minimum absolute atomic E-state index is 0. The first-order valence-corrected chi connectivity index (χ1v) is 49.1. The summed E-state index contributed by atoms with van der Waals surface area (Å²) in [6, 6.07) is 166. The van der Waals surface area contributed by atoms with Gasteiger partial charge in [-0.1, -0.05) is 409 Å². The zero-order chi connectivity index (χ0) is 94.0. The van der Waals surface area contributed by atoms with Crippen LogP contribution in [0.2, 0.25) is 0 Å². The van der Waals surface area contributed by atoms with Crippen molar-refractivity contribution in [3.05, 3.63) is 503 Å². The fraction of sp³-hybridized carbons (Fsp3) is 0.0543. The molecule has 672 valence electrons. The molecular weight excluding hydrogens is 1940 g/mol. The topological polar surface area (TPSA) is 33.7 Å². The van der Waals surface area contributed by atoms with Crippen molar-refractivity contribution in [1.82, 2.24) is 0 Å². The van der Waals surface area contributed by atoms with Gasteiger partial charge in [0.2, 0.25) is 0 Å². The molecule has 1 aliphatic rings. The molecule has 139 heavy (non-hydrogen) atoms. The molecule has 1 heterocycles. The van der Waals surface area contributed by atoms with Gasteiger partial charge in [-0.05, 0) is 328 Å². The van der Waals surface area contributed by atoms with Crippen LogP contribution in [0, 0.1) is 15.2 Å². The van der Waals surface area contributed by atoms with Gasteiger partial charge in [-0.25, -0.2) is 8.78 Å². The largest absolute Gasteiger partial charge is 0.496 e. The van der Waals surface area contributed by atoms with Gasteiger partial charge in [-0.2, -0.15) is 0 Å². The number of halogens is 5. The smallest absolute Gasteiger partial charge is 0.399 e. The average molecular weight is 2040 g/mol. The van der Waals surface area contributed by atoms with Crippen molar-refractivity contribution < 1.29 is 18.1 Å². The Hall–Kier alpha value is -14.7. The number of nitrogens with zero attached hydrogens (tertiary/aromatic N) is 1. The highest BCUT2D eigenvalue weighted by Gasteiger charge is 2.53. The molecule has 4 nitrogen and oxygen atoms in total. The van der Waals surface area contributed by atoms with Crippen molar-refractivity contribution in [1.29, 1.82) is 0 Å². The second-order valence-corrected chi connectivity index (χ2v) is 38.8. The first kappa shape index (κ1) is 92.0. The second-order valence-electron chi connectivity index (χ2n) is 35.7. The maximum Gasteiger partial charge on any atom is 0.496 e. The Morgan fingerprint density at radius 3 is 0.885 bits per heavy atom. The standard InChI is InChI=1S/C46H30FN.C30H27BO2.C30H19Br.C16H12FN.C6H4BrI.CH4/c47-34-25-29-36(30-26-34)48(44-22-10-14-32-12-2-4-16-38(32)44)35-27-23-33(24-28-35)45-40-17-5-7-19-42(40)46(43-20-8-6-18-41(43)45)39-21-9-13-31-11-1-3-15-37(31)39;1-29(2)30(3,4)33-31(32-29)28-25-17-9-7-15-23(25)27(24-16-8-10-18-26(24)28)22-19-11-13-20-12-5-6-14-21(20)22;31-22-18-16-21(17-19-22)29-25-11-3-5-13-27(25)30(28-14-6-4-12-26(28)29)24-15-7-9-20-8-1-2-10-23(20)24;17-13-8-10-14(11-9-13)18-16-7-3-5-12-4-1-2-6-15(12)16;7-5-1-3-6(8)4-2-5;/h1-30H;5-19H,1-4H3;1-19H;1-11,18H;1-4H;1H4. The Labute approximate surface area is 840 Å². The molecular formula is C129H96BBr2F2IN2O2. The average Bonchev–Trinajstić information content (AvgIpc) is 1.61. The van der Waals surface area contributed by atoms with Crippen LogP contribution in [0.4, 0.5) is 37.2 Å². The number of fused-ring (bicyclic) bond motifs is 11. The summed E-state index contributed by atoms with van der Waals surface area (Å²) in [5.74, 6) is -0.476. The molecule has 1 N–H and O–H groups in total. The molecule has 1 fully saturated rings. The monoisotopic (exact) mass is 2040 g/mol. The molecule has 0 aromatic heterocycles. The Morgan fingerprint density at radius 2 is 0.518 bits per heavy atom. The zero-order valence-electron chi connectivity index (χ0n) is 76.3. The van der Waals surface area contributed by atoms with E-state index < -0.39 is 18.3 Å². The lowest BCUT2D eigenvalue weighted by molar-refractivity contribution is 0.00578. The SMILES string of the molecule is Brc1ccc(-c2c3ccccc3c(-c3cccc4ccccc34)c3ccccc23)cc1.Brc1ccc(I)cc1.C.CC1(C)OB(c2c3ccccc3c(-c3cccc4ccccc34)c3ccccc23)OC1(C)C.Fc1ccc(N(c2ccc(-c3c4ccccc4c(-c4cccc5ccccc45)c4ccccc34)cc2)c2cccc3ccccc23)cc1.Fc1ccc(Nc2cccc3ccccc23)cc1. The van der Waals surface area contributed by atoms with Gasteiger partial charge in [-0.3, -0.25) is 0 Å². The van der Waals surface area contributed by atoms with E-state index in [1.54, 1.807) is 12.1 Å². The van der Waals surface area contributed by atoms with Crippen LogP contribution in [0.15, 0.2) is 488 Å². The molecule has 1 aliphatic heterocycles. The fourth-order valence-electron chi connectivity index (χ4n) is 19.7. The molecule has 0 amide bonds. The van der Waals surface area contributed by atoms with Crippen LogP contribution >= 0.6 is 54.5 Å². The van der Waals surface area contributed by atoms with Crippen LogP contribution in [-0.2, 0) is 9.31 Å². The molecule has 0 bridgehead atoms. The normalized spacial score (nSPS) is 12.5. The predicted octanol–water partition coefficient (Wildman–Crippen LogP) is 38.0. The number of rotatable bonds is 11. The van der Waals surface area contributed by atoms with Gasteiger partial charge in [0.1, 0.15) is 11.6 Å². The van der Waals surface area contributed by atoms with Gasteiger partial charge in [0.05, 0.1) is 16.9 Å². The predicted molar refractivity (Wildman–Crippen MR) is 607 cm³/mol. The van der Waals surface area contributed by atoms with E-state index in [-0.39, 0.29) is 19.1 Å². The number of anilines is 5. The van der Waals surface area contributed by atoms with Crippen molar-refractivity contribution in [2.45, 2.75) is 46.3 Å². The highest BCUT2D eigenvalue weighted by Crippen LogP contribution is 2.51. The highest BCUT2D eigenvalue weighted by molar-refractivity contribution is 14.1. The fourth-order valence-corrected chi connectivity index (χ4v) is 20.6. The highest BCUT2D eigenvalue weighted by atomic mass is 127. The third-order valence-electron chi connectivity index (χ3n) is 26.9. The summed E-state index contributed by atoms with van der Waals surface area (Å²) in [5, 5.41) is 30.3. The number of hydrogen-bond acceptors (Lipinski definition) is 4. The Kier molecular flexibility index (Phi) is 26.6. The second kappa shape index (κ2) is 40.1. The lowest BCUT2D eigenvalue weighted by atomic mass is 9.71. The van der Waals surface area contributed by atoms with Crippen molar-refractivity contribution in [3.63, 3.8) is 0 Å². The molecule has 1 saturated heterocycles. The summed E-state index contributed by atoms with van der Waals surface area (Å²) in [6.45, 7) is 8.45. The van der Waals surface area contributed by atoms with Crippen LogP contribution < -0.4 is 15.7 Å². The molecule has 24 aromatic rings. The lowest BCUT2D eigenvalue weighted by Crippen LogP contribution is -2.41. The summed E-state index contributed by atoms with van der Waals surface area (Å²) >= 11 is 9.20. The van der Waals surface area contributed by atoms with E-state index in [0.717, 1.165) is 64.6 Å². The third-order valence-corrected chi connectivity index (χ3v) is 28.6. The minimum Gasteiger partial charge on any atom is -0.399 e. The Bertz CT molecular complexity index is 8460. The molecule has 24 aromatic carbocycles. The van der Waals surface area contributed by atoms with Gasteiger partial charge >= 0.3 is 7.12 Å². The Balaban J connectivity index is 0.000000115. The van der Waals surface area contributed by atoms with Gasteiger partial charge in [-0.15, -0.1) is 0 Å². The van der Waals surface area contributed by atoms with Crippen molar-refractivity contribution in [2.24, 2.45) is 0 Å². The van der Waals surface area contributed by atoms with Gasteiger partial charge in [0.15, 0.2) is 0 Å². The zero-order valence-corrected chi connectivity index (χ0v) is 81.7. The summed E-state index contributed by atoms with van der Waals surface area (Å²) in [7, 11) is -0.425. The summed E-state index contributed by atoms with van der Waals surface area (Å²) < 4.78 is 43.6. The van der Waals surface area contributed by atoms with Crippen LogP contribution in [0.25, 0.3) is 174 Å². The van der Waals surface area contributed by atoms with Gasteiger partial charge in [0.25, 0.3) is 0 Å². The summed E-state index contributed by atoms with van der Waals surface area (Å²) in [6.07, 6.45) is 0. The molecule has 0 unspecified atom stereocenters. The van der Waals surface area contributed by atoms with Crippen molar-refractivity contribution in [3.8, 4) is 55.6 Å². The van der Waals surface area contributed by atoms with Crippen LogP contribution in [0.5, 0.6) is 0 Å². The van der Waals surface area contributed by atoms with Crippen molar-refractivity contribution in [2.75, 3.05) is 10.2 Å². The third kappa shape index (κ3) is 18.5. The molecule has 0 spiro atoms. The Morgan fingerprint density at radius 1 is 0.259 bits per heavy atom. The maximum absolute atomic E-state index is 14.1. The van der Waals surface area contributed by atoms with Crippen molar-refractivity contribution >= 4 is 214 Å². The first-order chi connectivity index (χ1) is 67.5. The van der Waals surface area contributed by atoms with Crippen LogP contribution in [0.1, 0.15) is 35.1 Å². The number of hydrogen-bond donors (Lipinski definition) is 1. The van der Waals surface area contributed by atoms with Gasteiger partial charge in [0, 0.05) is 46.0 Å². The van der Waals surface area contributed by atoms with E-state index in [9.17, 15) is 8.78 Å². The quantitative estimate of drug-likeness (QED) is 0.0795. The summed E-state index contributed by atoms with van der Waals surface area (Å²) in [5.41, 5.74) is 17.7. The summed E-state index contributed by atoms with van der Waals surface area (Å²) in [4.78, 5) is 2.21. The van der Waals surface area contributed by atoms with E-state index in [2.05, 4.69) is 487 Å². The lowest BCUT2D eigenvalue weighted by Gasteiger charge is -2.32. The van der Waals surface area contributed by atoms with Crippen LogP contribution in [0.3, 0.4) is 0 Å². The molecule has 25 rings (SSSR count). The van der Waals surface area contributed by atoms with E-state index in [4.69, 9.17) is 9.31 Å². The van der Waals surface area contributed by atoms with Crippen LogP contribution in [-0.4, -0.2) is 18.3 Å². The molecule has 10 heteroatoms. The molecule has 0 aliphatic carbocycles.